The van der Waals surface area contributed by atoms with Gasteiger partial charge in [-0.1, -0.05) is 53.8 Å². The van der Waals surface area contributed by atoms with Gasteiger partial charge in [0.1, 0.15) is 0 Å². The van der Waals surface area contributed by atoms with Gasteiger partial charge in [0.15, 0.2) is 5.69 Å². The minimum Gasteiger partial charge on any atom is -1.00 e. The van der Waals surface area contributed by atoms with E-state index in [0.29, 0.717) is 0 Å². The highest BCUT2D eigenvalue weighted by molar-refractivity contribution is 7.09. The summed E-state index contributed by atoms with van der Waals surface area (Å²) < 4.78 is 2.32. The summed E-state index contributed by atoms with van der Waals surface area (Å²) in [7, 11) is 0. The third-order valence-corrected chi connectivity index (χ3v) is 4.73. The summed E-state index contributed by atoms with van der Waals surface area (Å²) in [6, 6.07) is 17.1. The standard InChI is InChI=1S/C18H18NS.ClH/c1-13-8-7-11-17(16-9-5-4-6-10-16)18(13)19-12-20-15(3)14(19)2;/h4-12H,1-3H3;1H/q+1;/p-1. The Labute approximate surface area is 136 Å². The minimum atomic E-state index is 0. The zero-order valence-corrected chi connectivity index (χ0v) is 14.0. The fourth-order valence-electron chi connectivity index (χ4n) is 2.52. The molecule has 21 heavy (non-hydrogen) atoms. The van der Waals surface area contributed by atoms with Crippen LogP contribution in [0.1, 0.15) is 16.1 Å². The molecule has 0 saturated heterocycles. The minimum absolute atomic E-state index is 0. The quantitative estimate of drug-likeness (QED) is 0.633. The van der Waals surface area contributed by atoms with Crippen LogP contribution in [0.5, 0.6) is 0 Å². The molecule has 1 aromatic heterocycles. The van der Waals surface area contributed by atoms with Crippen molar-refractivity contribution >= 4 is 11.3 Å². The maximum atomic E-state index is 2.32. The van der Waals surface area contributed by atoms with E-state index in [1.165, 1.54) is 32.9 Å². The molecule has 0 bridgehead atoms. The molecule has 3 rings (SSSR count). The van der Waals surface area contributed by atoms with E-state index < -0.39 is 0 Å². The summed E-state index contributed by atoms with van der Waals surface area (Å²) >= 11 is 1.80. The van der Waals surface area contributed by atoms with Crippen molar-refractivity contribution in [2.75, 3.05) is 0 Å². The molecule has 2 aromatic carbocycles. The van der Waals surface area contributed by atoms with Crippen LogP contribution in [0.15, 0.2) is 54.0 Å². The summed E-state index contributed by atoms with van der Waals surface area (Å²) in [6.07, 6.45) is 0. The number of rotatable bonds is 2. The normalized spacial score (nSPS) is 10.2. The summed E-state index contributed by atoms with van der Waals surface area (Å²) in [6.45, 7) is 6.55. The first-order valence-electron chi connectivity index (χ1n) is 6.80. The molecule has 0 atom stereocenters. The Morgan fingerprint density at radius 1 is 0.857 bits per heavy atom. The van der Waals surface area contributed by atoms with Gasteiger partial charge in [-0.25, -0.2) is 0 Å². The maximum absolute atomic E-state index is 2.32. The number of para-hydroxylation sites is 1. The van der Waals surface area contributed by atoms with Gasteiger partial charge >= 0.3 is 0 Å². The van der Waals surface area contributed by atoms with Crippen molar-refractivity contribution in [1.29, 1.82) is 0 Å². The van der Waals surface area contributed by atoms with Gasteiger partial charge in [-0.15, -0.1) is 0 Å². The highest BCUT2D eigenvalue weighted by atomic mass is 35.5. The van der Waals surface area contributed by atoms with E-state index in [0.717, 1.165) is 0 Å². The molecule has 0 radical (unpaired) electrons. The Hall–Kier alpha value is -1.64. The van der Waals surface area contributed by atoms with Crippen LogP contribution in [0.3, 0.4) is 0 Å². The fraction of sp³-hybridized carbons (Fsp3) is 0.167. The van der Waals surface area contributed by atoms with E-state index >= 15 is 0 Å². The van der Waals surface area contributed by atoms with E-state index in [1.54, 1.807) is 11.3 Å². The molecule has 0 N–H and O–H groups in total. The molecule has 0 spiro atoms. The highest BCUT2D eigenvalue weighted by Crippen LogP contribution is 2.27. The summed E-state index contributed by atoms with van der Waals surface area (Å²) in [5.41, 5.74) is 8.68. The topological polar surface area (TPSA) is 3.88 Å². The number of aromatic nitrogens is 1. The predicted octanol–water partition coefficient (Wildman–Crippen LogP) is 1.62. The largest absolute Gasteiger partial charge is 1.00 e. The van der Waals surface area contributed by atoms with Gasteiger partial charge in [-0.3, -0.25) is 0 Å². The van der Waals surface area contributed by atoms with E-state index in [4.69, 9.17) is 0 Å². The number of thiazole rings is 1. The summed E-state index contributed by atoms with van der Waals surface area (Å²) in [4.78, 5) is 1.37. The van der Waals surface area contributed by atoms with Crippen molar-refractivity contribution in [3.05, 3.63) is 70.2 Å². The van der Waals surface area contributed by atoms with Crippen molar-refractivity contribution in [3.8, 4) is 16.8 Å². The Bertz CT molecular complexity index is 747. The van der Waals surface area contributed by atoms with Crippen molar-refractivity contribution in [1.82, 2.24) is 0 Å². The molecule has 0 saturated carbocycles. The second kappa shape index (κ2) is 6.42. The highest BCUT2D eigenvalue weighted by Gasteiger charge is 2.21. The van der Waals surface area contributed by atoms with E-state index in [2.05, 4.69) is 79.4 Å². The van der Waals surface area contributed by atoms with Gasteiger partial charge in [0, 0.05) is 12.5 Å². The van der Waals surface area contributed by atoms with Crippen LogP contribution in [-0.4, -0.2) is 0 Å². The van der Waals surface area contributed by atoms with Crippen LogP contribution in [0.2, 0.25) is 0 Å². The van der Waals surface area contributed by atoms with Gasteiger partial charge in [-0.05, 0) is 25.5 Å². The molecule has 0 fully saturated rings. The molecule has 1 heterocycles. The van der Waals surface area contributed by atoms with Crippen LogP contribution in [0, 0.1) is 20.8 Å². The van der Waals surface area contributed by atoms with Gasteiger partial charge in [-0.2, -0.15) is 4.57 Å². The van der Waals surface area contributed by atoms with Crippen molar-refractivity contribution in [2.45, 2.75) is 20.8 Å². The van der Waals surface area contributed by atoms with E-state index in [-0.39, 0.29) is 12.4 Å². The second-order valence-electron chi connectivity index (χ2n) is 5.07. The van der Waals surface area contributed by atoms with Gasteiger partial charge in [0.25, 0.3) is 0 Å². The summed E-state index contributed by atoms with van der Waals surface area (Å²) in [5, 5.41) is 0. The van der Waals surface area contributed by atoms with E-state index in [1.807, 2.05) is 0 Å². The second-order valence-corrected chi connectivity index (χ2v) is 6.13. The zero-order chi connectivity index (χ0) is 14.1. The number of aryl methyl sites for hydroxylation is 2. The average Bonchev–Trinajstić information content (AvgIpc) is 2.80. The van der Waals surface area contributed by atoms with Crippen molar-refractivity contribution < 1.29 is 17.0 Å². The number of nitrogens with zero attached hydrogens (tertiary/aromatic N) is 1. The Morgan fingerprint density at radius 2 is 1.57 bits per heavy atom. The smallest absolute Gasteiger partial charge is 0.231 e. The molecule has 0 unspecified atom stereocenters. The SMILES string of the molecule is Cc1cccc(-c2ccccc2)c1-[n+]1csc(C)c1C.[Cl-]. The van der Waals surface area contributed by atoms with Crippen LogP contribution < -0.4 is 17.0 Å². The van der Waals surface area contributed by atoms with Crippen LogP contribution >= 0.6 is 11.3 Å². The van der Waals surface area contributed by atoms with E-state index in [9.17, 15) is 0 Å². The maximum Gasteiger partial charge on any atom is 0.231 e. The molecule has 0 aliphatic carbocycles. The lowest BCUT2D eigenvalue weighted by atomic mass is 10.0. The monoisotopic (exact) mass is 315 g/mol. The molecule has 3 heteroatoms. The summed E-state index contributed by atoms with van der Waals surface area (Å²) in [5.74, 6) is 0. The lowest BCUT2D eigenvalue weighted by Gasteiger charge is -2.07. The number of hydrogen-bond acceptors (Lipinski definition) is 1. The van der Waals surface area contributed by atoms with Gasteiger partial charge in [0.2, 0.25) is 11.2 Å². The van der Waals surface area contributed by atoms with Crippen molar-refractivity contribution in [2.24, 2.45) is 0 Å². The first kappa shape index (κ1) is 15.7. The Balaban J connectivity index is 0.00000161. The molecular weight excluding hydrogens is 298 g/mol. The molecule has 0 amide bonds. The third kappa shape index (κ3) is 2.87. The lowest BCUT2D eigenvalue weighted by molar-refractivity contribution is -0.597. The van der Waals surface area contributed by atoms with Gasteiger partial charge < -0.3 is 12.4 Å². The fourth-order valence-corrected chi connectivity index (χ4v) is 3.31. The Kier molecular flexibility index (Phi) is 4.81. The first-order chi connectivity index (χ1) is 9.68. The molecule has 0 aliphatic rings. The van der Waals surface area contributed by atoms with Crippen LogP contribution in [0.4, 0.5) is 0 Å². The zero-order valence-electron chi connectivity index (χ0n) is 12.4. The number of hydrogen-bond donors (Lipinski definition) is 0. The molecule has 3 aromatic rings. The van der Waals surface area contributed by atoms with Crippen molar-refractivity contribution in [3.63, 3.8) is 0 Å². The molecule has 0 aliphatic heterocycles. The molecule has 1 nitrogen and oxygen atoms in total. The predicted molar refractivity (Wildman–Crippen MR) is 85.5 cm³/mol. The molecular formula is C18H18ClNS. The van der Waals surface area contributed by atoms with Crippen LogP contribution in [0.25, 0.3) is 16.8 Å². The third-order valence-electron chi connectivity index (χ3n) is 3.77. The molecule has 108 valence electrons. The Morgan fingerprint density at radius 3 is 2.19 bits per heavy atom. The number of benzene rings is 2. The lowest BCUT2D eigenvalue weighted by Crippen LogP contribution is -3.00. The number of halogens is 1. The average molecular weight is 316 g/mol. The van der Waals surface area contributed by atoms with Gasteiger partial charge in [0.05, 0.1) is 10.4 Å². The first-order valence-corrected chi connectivity index (χ1v) is 7.68. The van der Waals surface area contributed by atoms with Crippen LogP contribution in [-0.2, 0) is 0 Å².